The average molecular weight is 462 g/mol. The summed E-state index contributed by atoms with van der Waals surface area (Å²) in [6.07, 6.45) is -2.61. The lowest BCUT2D eigenvalue weighted by atomic mass is 9.93. The van der Waals surface area contributed by atoms with E-state index in [9.17, 15) is 18.0 Å². The van der Waals surface area contributed by atoms with Crippen LogP contribution in [0, 0.1) is 0 Å². The van der Waals surface area contributed by atoms with Crippen LogP contribution in [0.5, 0.6) is 0 Å². The summed E-state index contributed by atoms with van der Waals surface area (Å²) >= 11 is 0. The Morgan fingerprint density at radius 2 is 1.76 bits per heavy atom. The van der Waals surface area contributed by atoms with Gasteiger partial charge >= 0.3 is 6.18 Å². The summed E-state index contributed by atoms with van der Waals surface area (Å²) in [6, 6.07) is 11.3. The van der Waals surface area contributed by atoms with Crippen LogP contribution in [0.3, 0.4) is 0 Å². The Balaban J connectivity index is 1.30. The monoisotopic (exact) mass is 461 g/mol. The normalized spacial score (nSPS) is 19.3. The Bertz CT molecular complexity index is 968. The first-order valence-corrected chi connectivity index (χ1v) is 11.3. The number of amides is 1. The number of fused-ring (bicyclic) bond motifs is 1. The molecule has 0 aliphatic carbocycles. The molecular weight excluding hydrogens is 431 g/mol. The molecule has 1 atom stereocenters. The summed E-state index contributed by atoms with van der Waals surface area (Å²) in [7, 11) is 3.51. The zero-order valence-corrected chi connectivity index (χ0v) is 19.1. The van der Waals surface area contributed by atoms with Crippen LogP contribution < -0.4 is 4.90 Å². The van der Waals surface area contributed by atoms with Gasteiger partial charge in [0.2, 0.25) is 0 Å². The lowest BCUT2D eigenvalue weighted by Crippen LogP contribution is -2.47. The van der Waals surface area contributed by atoms with Crippen molar-refractivity contribution in [3.8, 4) is 0 Å². The highest BCUT2D eigenvalue weighted by molar-refractivity contribution is 5.94. The Hall–Kier alpha value is -2.58. The first-order valence-electron chi connectivity index (χ1n) is 11.3. The second-order valence-corrected chi connectivity index (χ2v) is 8.88. The van der Waals surface area contributed by atoms with E-state index >= 15 is 0 Å². The molecule has 2 aromatic rings. The van der Waals surface area contributed by atoms with Gasteiger partial charge in [-0.05, 0) is 60.4 Å². The van der Waals surface area contributed by atoms with E-state index in [2.05, 4.69) is 9.80 Å². The predicted molar refractivity (Wildman–Crippen MR) is 122 cm³/mol. The lowest BCUT2D eigenvalue weighted by Gasteiger charge is -2.37. The van der Waals surface area contributed by atoms with Crippen molar-refractivity contribution >= 4 is 11.6 Å². The molecule has 5 nitrogen and oxygen atoms in total. The maximum Gasteiger partial charge on any atom is 0.416 e. The smallest absolute Gasteiger partial charge is 0.373 e. The maximum absolute atomic E-state index is 12.8. The molecule has 0 spiro atoms. The fraction of sp³-hybridized carbons (Fsp3) is 0.480. The van der Waals surface area contributed by atoms with Crippen molar-refractivity contribution in [2.45, 2.75) is 25.1 Å². The summed E-state index contributed by atoms with van der Waals surface area (Å²) in [6.45, 7) is 4.82. The number of ether oxygens (including phenoxy) is 1. The number of halogens is 3. The molecular formula is C25H30F3N3O2. The van der Waals surface area contributed by atoms with Gasteiger partial charge in [-0.2, -0.15) is 13.2 Å². The highest BCUT2D eigenvalue weighted by atomic mass is 19.4. The third-order valence-electron chi connectivity index (χ3n) is 6.47. The summed E-state index contributed by atoms with van der Waals surface area (Å²) in [5.41, 5.74) is 3.27. The van der Waals surface area contributed by atoms with Crippen LogP contribution in [-0.2, 0) is 17.3 Å². The first kappa shape index (κ1) is 23.6. The van der Waals surface area contributed by atoms with Gasteiger partial charge in [-0.25, -0.2) is 0 Å². The van der Waals surface area contributed by atoms with Crippen molar-refractivity contribution in [3.63, 3.8) is 0 Å². The fourth-order valence-electron chi connectivity index (χ4n) is 4.56. The Morgan fingerprint density at radius 3 is 2.39 bits per heavy atom. The van der Waals surface area contributed by atoms with E-state index in [-0.39, 0.29) is 12.0 Å². The molecule has 4 rings (SSSR count). The molecule has 0 N–H and O–H groups in total. The van der Waals surface area contributed by atoms with Crippen molar-refractivity contribution in [3.05, 3.63) is 64.7 Å². The van der Waals surface area contributed by atoms with E-state index < -0.39 is 11.7 Å². The summed E-state index contributed by atoms with van der Waals surface area (Å²) in [5.74, 6) is 0.00626. The second kappa shape index (κ2) is 9.73. The molecule has 0 bridgehead atoms. The van der Waals surface area contributed by atoms with Gasteiger partial charge in [-0.1, -0.05) is 6.07 Å². The molecule has 1 saturated heterocycles. The number of hydrogen-bond acceptors (Lipinski definition) is 4. The van der Waals surface area contributed by atoms with Gasteiger partial charge < -0.3 is 14.5 Å². The number of rotatable bonds is 5. The molecule has 1 amide bonds. The van der Waals surface area contributed by atoms with Crippen LogP contribution >= 0.6 is 0 Å². The summed E-state index contributed by atoms with van der Waals surface area (Å²) in [5, 5.41) is 0. The van der Waals surface area contributed by atoms with E-state index in [1.807, 2.05) is 18.2 Å². The van der Waals surface area contributed by atoms with Crippen molar-refractivity contribution in [1.82, 2.24) is 9.80 Å². The quantitative estimate of drug-likeness (QED) is 0.668. The van der Waals surface area contributed by atoms with Gasteiger partial charge in [0.1, 0.15) is 0 Å². The highest BCUT2D eigenvalue weighted by Gasteiger charge is 2.30. The topological polar surface area (TPSA) is 36.0 Å². The minimum absolute atomic E-state index is 0.00626. The largest absolute Gasteiger partial charge is 0.416 e. The standard InChI is InChI=1S/C25H30F3N3O2/c1-29(2)24(32)19-3-8-22-18(17-19)10-16-33-23(22)9-11-30-12-14-31(15-13-30)21-6-4-20(5-7-21)25(26,27)28/h3-8,17,23H,9-16H2,1-2H3/t23-/m0/s1. The van der Waals surface area contributed by atoms with Crippen molar-refractivity contribution in [2.24, 2.45) is 0 Å². The molecule has 178 valence electrons. The third kappa shape index (κ3) is 5.50. The van der Waals surface area contributed by atoms with Crippen molar-refractivity contribution in [2.75, 3.05) is 58.3 Å². The summed E-state index contributed by atoms with van der Waals surface area (Å²) < 4.78 is 44.4. The number of carbonyl (C=O) groups excluding carboxylic acids is 1. The van der Waals surface area contributed by atoms with E-state index in [0.717, 1.165) is 63.4 Å². The van der Waals surface area contributed by atoms with Crippen molar-refractivity contribution < 1.29 is 22.7 Å². The molecule has 8 heteroatoms. The maximum atomic E-state index is 12.8. The van der Waals surface area contributed by atoms with E-state index in [1.54, 1.807) is 31.1 Å². The van der Waals surface area contributed by atoms with Gasteiger partial charge in [0.15, 0.2) is 0 Å². The minimum Gasteiger partial charge on any atom is -0.373 e. The van der Waals surface area contributed by atoms with Crippen LogP contribution in [0.2, 0.25) is 0 Å². The minimum atomic E-state index is -4.31. The highest BCUT2D eigenvalue weighted by Crippen LogP contribution is 2.32. The van der Waals surface area contributed by atoms with E-state index in [1.165, 1.54) is 11.1 Å². The fourth-order valence-corrected chi connectivity index (χ4v) is 4.56. The number of nitrogens with zero attached hydrogens (tertiary/aromatic N) is 3. The van der Waals surface area contributed by atoms with Crippen molar-refractivity contribution in [1.29, 1.82) is 0 Å². The van der Waals surface area contributed by atoms with E-state index in [0.29, 0.717) is 12.2 Å². The van der Waals surface area contributed by atoms with E-state index in [4.69, 9.17) is 4.74 Å². The predicted octanol–water partition coefficient (Wildman–Crippen LogP) is 4.23. The average Bonchev–Trinajstić information content (AvgIpc) is 2.81. The number of hydrogen-bond donors (Lipinski definition) is 0. The first-order chi connectivity index (χ1) is 15.7. The number of benzene rings is 2. The molecule has 1 fully saturated rings. The molecule has 33 heavy (non-hydrogen) atoms. The number of alkyl halides is 3. The number of carbonyl (C=O) groups is 1. The third-order valence-corrected chi connectivity index (χ3v) is 6.47. The van der Waals surface area contributed by atoms with Crippen LogP contribution in [0.4, 0.5) is 18.9 Å². The second-order valence-electron chi connectivity index (χ2n) is 8.88. The van der Waals surface area contributed by atoms with Crippen LogP contribution in [0.15, 0.2) is 42.5 Å². The zero-order valence-electron chi connectivity index (χ0n) is 19.1. The molecule has 0 radical (unpaired) electrons. The molecule has 2 aliphatic heterocycles. The van der Waals surface area contributed by atoms with Gasteiger partial charge in [-0.15, -0.1) is 0 Å². The zero-order chi connectivity index (χ0) is 23.6. The lowest BCUT2D eigenvalue weighted by molar-refractivity contribution is -0.137. The molecule has 0 aromatic heterocycles. The Kier molecular flexibility index (Phi) is 6.95. The van der Waals surface area contributed by atoms with Crippen LogP contribution in [-0.4, -0.2) is 69.1 Å². The van der Waals surface area contributed by atoms with Gasteiger partial charge in [-0.3, -0.25) is 9.69 Å². The molecule has 2 aromatic carbocycles. The molecule has 0 saturated carbocycles. The summed E-state index contributed by atoms with van der Waals surface area (Å²) in [4.78, 5) is 18.4. The Labute approximate surface area is 192 Å². The SMILES string of the molecule is CN(C)C(=O)c1ccc2c(c1)CCO[C@H]2CCN1CCN(c2ccc(C(F)(F)F)cc2)CC1. The number of piperazine rings is 1. The van der Waals surface area contributed by atoms with Crippen LogP contribution in [0.1, 0.15) is 39.6 Å². The van der Waals surface area contributed by atoms with Gasteiger partial charge in [0, 0.05) is 58.1 Å². The van der Waals surface area contributed by atoms with Gasteiger partial charge in [0.25, 0.3) is 5.91 Å². The number of anilines is 1. The molecule has 2 aliphatic rings. The Morgan fingerprint density at radius 1 is 1.06 bits per heavy atom. The molecule has 2 heterocycles. The van der Waals surface area contributed by atoms with Crippen LogP contribution in [0.25, 0.3) is 0 Å². The molecule has 0 unspecified atom stereocenters. The van der Waals surface area contributed by atoms with Gasteiger partial charge in [0.05, 0.1) is 18.3 Å².